The number of aromatic nitrogens is 2. The molecule has 0 aromatic carbocycles. The lowest BCUT2D eigenvalue weighted by Crippen LogP contribution is -2.12. The lowest BCUT2D eigenvalue weighted by molar-refractivity contribution is 0.397. The minimum absolute atomic E-state index is 0.221. The third-order valence-corrected chi connectivity index (χ3v) is 3.67. The number of thiazole rings is 1. The van der Waals surface area contributed by atoms with Crippen LogP contribution in [0.4, 0.5) is 0 Å². The van der Waals surface area contributed by atoms with E-state index in [0.717, 1.165) is 16.3 Å². The topological polar surface area (TPSA) is 61.0 Å². The Morgan fingerprint density at radius 3 is 2.61 bits per heavy atom. The van der Waals surface area contributed by atoms with Gasteiger partial charge < -0.3 is 10.5 Å². The van der Waals surface area contributed by atoms with Crippen LogP contribution in [0.25, 0.3) is 0 Å². The molecule has 2 aromatic heterocycles. The van der Waals surface area contributed by atoms with Gasteiger partial charge in [0, 0.05) is 17.6 Å². The number of ether oxygens (including phenoxy) is 1. The highest BCUT2D eigenvalue weighted by atomic mass is 32.1. The van der Waals surface area contributed by atoms with Crippen molar-refractivity contribution >= 4 is 11.3 Å². The molecule has 2 rings (SSSR count). The average molecular weight is 263 g/mol. The maximum atomic E-state index is 6.19. The van der Waals surface area contributed by atoms with E-state index in [1.807, 2.05) is 12.1 Å². The molecule has 2 heterocycles. The van der Waals surface area contributed by atoms with Crippen LogP contribution in [0.15, 0.2) is 23.7 Å². The van der Waals surface area contributed by atoms with Crippen LogP contribution in [0.3, 0.4) is 0 Å². The molecule has 0 spiro atoms. The molecule has 18 heavy (non-hydrogen) atoms. The van der Waals surface area contributed by atoms with Crippen molar-refractivity contribution < 1.29 is 4.74 Å². The minimum Gasteiger partial charge on any atom is -0.481 e. The Hall–Kier alpha value is -1.46. The van der Waals surface area contributed by atoms with Crippen molar-refractivity contribution in [1.82, 2.24) is 9.97 Å². The van der Waals surface area contributed by atoms with Gasteiger partial charge in [0.15, 0.2) is 0 Å². The van der Waals surface area contributed by atoms with Gasteiger partial charge in [0.25, 0.3) is 0 Å². The fourth-order valence-corrected chi connectivity index (χ4v) is 2.55. The zero-order chi connectivity index (χ0) is 13.1. The van der Waals surface area contributed by atoms with Gasteiger partial charge in [0.2, 0.25) is 5.88 Å². The van der Waals surface area contributed by atoms with Crippen LogP contribution >= 0.6 is 11.3 Å². The van der Waals surface area contributed by atoms with E-state index in [0.29, 0.717) is 11.8 Å². The fourth-order valence-electron chi connectivity index (χ4n) is 1.55. The summed E-state index contributed by atoms with van der Waals surface area (Å²) in [5.74, 6) is 1.02. The molecule has 0 saturated heterocycles. The smallest absolute Gasteiger partial charge is 0.212 e. The number of rotatable bonds is 4. The summed E-state index contributed by atoms with van der Waals surface area (Å²) in [5.41, 5.74) is 8.22. The Labute approximate surface area is 111 Å². The zero-order valence-electron chi connectivity index (χ0n) is 10.8. The highest BCUT2D eigenvalue weighted by Gasteiger charge is 2.15. The summed E-state index contributed by atoms with van der Waals surface area (Å²) in [4.78, 5) is 8.72. The number of hydrogen-bond donors (Lipinski definition) is 1. The molecule has 0 saturated carbocycles. The van der Waals surface area contributed by atoms with Crippen molar-refractivity contribution in [2.45, 2.75) is 25.8 Å². The van der Waals surface area contributed by atoms with Crippen molar-refractivity contribution in [3.05, 3.63) is 40.0 Å². The minimum atomic E-state index is -0.221. The van der Waals surface area contributed by atoms with Gasteiger partial charge in [0.05, 0.1) is 18.8 Å². The zero-order valence-corrected chi connectivity index (χ0v) is 11.6. The van der Waals surface area contributed by atoms with Gasteiger partial charge in [-0.25, -0.2) is 9.97 Å². The van der Waals surface area contributed by atoms with Gasteiger partial charge >= 0.3 is 0 Å². The van der Waals surface area contributed by atoms with Crippen LogP contribution in [0, 0.1) is 0 Å². The summed E-state index contributed by atoms with van der Waals surface area (Å²) in [6.45, 7) is 4.25. The monoisotopic (exact) mass is 263 g/mol. The summed E-state index contributed by atoms with van der Waals surface area (Å²) < 4.78 is 5.03. The Balaban J connectivity index is 2.20. The van der Waals surface area contributed by atoms with Gasteiger partial charge in [-0.15, -0.1) is 11.3 Å². The number of nitrogens with zero attached hydrogens (tertiary/aromatic N) is 2. The molecule has 0 aliphatic rings. The average Bonchev–Trinajstić information content (AvgIpc) is 2.88. The molecular weight excluding hydrogens is 246 g/mol. The lowest BCUT2D eigenvalue weighted by atomic mass is 10.1. The third kappa shape index (κ3) is 2.68. The van der Waals surface area contributed by atoms with Gasteiger partial charge in [-0.3, -0.25) is 0 Å². The van der Waals surface area contributed by atoms with E-state index in [9.17, 15) is 0 Å². The van der Waals surface area contributed by atoms with Crippen LogP contribution in [0.1, 0.15) is 42.1 Å². The first kappa shape index (κ1) is 13.0. The molecule has 5 heteroatoms. The van der Waals surface area contributed by atoms with Crippen molar-refractivity contribution in [3.8, 4) is 5.88 Å². The van der Waals surface area contributed by atoms with Gasteiger partial charge in [-0.2, -0.15) is 0 Å². The van der Waals surface area contributed by atoms with Crippen LogP contribution in [-0.2, 0) is 0 Å². The summed E-state index contributed by atoms with van der Waals surface area (Å²) in [6.07, 6.45) is 1.74. The molecule has 0 radical (unpaired) electrons. The number of methoxy groups -OCH3 is 1. The van der Waals surface area contributed by atoms with Crippen LogP contribution < -0.4 is 10.5 Å². The summed E-state index contributed by atoms with van der Waals surface area (Å²) in [5, 5.41) is 2.99. The van der Waals surface area contributed by atoms with E-state index in [2.05, 4.69) is 29.2 Å². The van der Waals surface area contributed by atoms with E-state index < -0.39 is 0 Å². The molecule has 1 atom stereocenters. The summed E-state index contributed by atoms with van der Waals surface area (Å²) >= 11 is 1.60. The second kappa shape index (κ2) is 5.46. The van der Waals surface area contributed by atoms with E-state index in [1.165, 1.54) is 0 Å². The van der Waals surface area contributed by atoms with E-state index >= 15 is 0 Å². The Morgan fingerprint density at radius 1 is 1.33 bits per heavy atom. The Kier molecular flexibility index (Phi) is 3.93. The van der Waals surface area contributed by atoms with E-state index in [-0.39, 0.29) is 6.04 Å². The molecule has 1 unspecified atom stereocenters. The van der Waals surface area contributed by atoms with Gasteiger partial charge in [-0.1, -0.05) is 19.9 Å². The second-order valence-electron chi connectivity index (χ2n) is 4.38. The predicted octanol–water partition coefficient (Wildman–Crippen LogP) is 2.72. The number of hydrogen-bond acceptors (Lipinski definition) is 5. The maximum absolute atomic E-state index is 6.19. The molecular formula is C13H17N3OS. The van der Waals surface area contributed by atoms with Crippen LogP contribution in [0.2, 0.25) is 0 Å². The maximum Gasteiger partial charge on any atom is 0.212 e. The Bertz CT molecular complexity index is 507. The normalized spacial score (nSPS) is 12.7. The summed E-state index contributed by atoms with van der Waals surface area (Å²) in [7, 11) is 1.59. The fraction of sp³-hybridized carbons (Fsp3) is 0.385. The highest BCUT2D eigenvalue weighted by molar-refractivity contribution is 7.09. The first-order valence-corrected chi connectivity index (χ1v) is 6.70. The number of nitrogens with two attached hydrogens (primary N) is 1. The molecule has 2 N–H and O–H groups in total. The SMILES string of the molecule is COc1ccc(C(N)c2nc(C(C)C)cs2)cn1. The van der Waals surface area contributed by atoms with Crippen molar-refractivity contribution in [2.24, 2.45) is 5.73 Å². The number of pyridine rings is 1. The van der Waals surface area contributed by atoms with E-state index in [4.69, 9.17) is 10.5 Å². The molecule has 0 aliphatic heterocycles. The molecule has 0 amide bonds. The second-order valence-corrected chi connectivity index (χ2v) is 5.27. The van der Waals surface area contributed by atoms with Crippen molar-refractivity contribution in [3.63, 3.8) is 0 Å². The van der Waals surface area contributed by atoms with Crippen LogP contribution in [-0.4, -0.2) is 17.1 Å². The largest absolute Gasteiger partial charge is 0.481 e. The van der Waals surface area contributed by atoms with Gasteiger partial charge in [-0.05, 0) is 11.5 Å². The standard InChI is InChI=1S/C13H17N3OS/c1-8(2)10-7-18-13(16-10)12(14)9-4-5-11(17-3)15-6-9/h4-8,12H,14H2,1-3H3. The summed E-state index contributed by atoms with van der Waals surface area (Å²) in [6, 6.07) is 3.51. The molecule has 96 valence electrons. The van der Waals surface area contributed by atoms with Crippen molar-refractivity contribution in [2.75, 3.05) is 7.11 Å². The molecule has 2 aromatic rings. The molecule has 4 nitrogen and oxygen atoms in total. The van der Waals surface area contributed by atoms with Crippen molar-refractivity contribution in [1.29, 1.82) is 0 Å². The Morgan fingerprint density at radius 2 is 2.11 bits per heavy atom. The highest BCUT2D eigenvalue weighted by Crippen LogP contribution is 2.26. The first-order valence-electron chi connectivity index (χ1n) is 5.82. The van der Waals surface area contributed by atoms with E-state index in [1.54, 1.807) is 24.6 Å². The molecule has 0 aliphatic carbocycles. The first-order chi connectivity index (χ1) is 8.61. The third-order valence-electron chi connectivity index (χ3n) is 2.72. The van der Waals surface area contributed by atoms with Gasteiger partial charge in [0.1, 0.15) is 5.01 Å². The molecule has 0 fully saturated rings. The quantitative estimate of drug-likeness (QED) is 0.921. The molecule has 0 bridgehead atoms. The lowest BCUT2D eigenvalue weighted by Gasteiger charge is -2.09. The predicted molar refractivity (Wildman–Crippen MR) is 73.0 cm³/mol. The van der Waals surface area contributed by atoms with Crippen LogP contribution in [0.5, 0.6) is 5.88 Å².